The second kappa shape index (κ2) is 16.6. The van der Waals surface area contributed by atoms with Crippen molar-refractivity contribution in [2.24, 2.45) is 11.8 Å². The number of nitrogens with zero attached hydrogens (tertiary/aromatic N) is 2. The molecule has 1 aliphatic carbocycles. The molecule has 0 bridgehead atoms. The Hall–Kier alpha value is -2.28. The monoisotopic (exact) mass is 676 g/mol. The van der Waals surface area contributed by atoms with Gasteiger partial charge in [-0.3, -0.25) is 9.69 Å². The maximum absolute atomic E-state index is 13.4. The number of allylic oxidation sites excluding steroid dienone is 2. The first-order valence-corrected chi connectivity index (χ1v) is 18.0. The van der Waals surface area contributed by atoms with Crippen molar-refractivity contribution in [2.45, 2.75) is 147 Å². The molecule has 0 aromatic carbocycles. The molecule has 272 valence electrons. The maximum atomic E-state index is 13.4. The van der Waals surface area contributed by atoms with Crippen molar-refractivity contribution in [3.05, 3.63) is 36.0 Å². The summed E-state index contributed by atoms with van der Waals surface area (Å²) in [5, 5.41) is 43.3. The largest absolute Gasteiger partial charge is 0.457 e. The molecule has 3 heterocycles. The highest BCUT2D eigenvalue weighted by molar-refractivity contribution is 5.70. The molecule has 48 heavy (non-hydrogen) atoms. The number of esters is 1. The second-order valence-electron chi connectivity index (χ2n) is 15.1. The molecular weight excluding hydrogens is 616 g/mol. The Kier molecular flexibility index (Phi) is 13.3. The summed E-state index contributed by atoms with van der Waals surface area (Å²) in [6.07, 6.45) is 9.14. The minimum absolute atomic E-state index is 0.00944. The summed E-state index contributed by atoms with van der Waals surface area (Å²) in [5.74, 6) is -0.934. The molecule has 4 rings (SSSR count). The number of amides is 1. The Balaban J connectivity index is 1.45. The molecule has 0 spiro atoms. The van der Waals surface area contributed by atoms with E-state index in [-0.39, 0.29) is 43.3 Å². The fourth-order valence-electron chi connectivity index (χ4n) is 6.91. The van der Waals surface area contributed by atoms with Crippen molar-refractivity contribution in [1.29, 1.82) is 0 Å². The van der Waals surface area contributed by atoms with E-state index in [0.29, 0.717) is 37.5 Å². The molecule has 0 radical (unpaired) electrons. The number of carbonyl (C=O) groups excluding carboxylic acids is 2. The number of hydrogen-bond acceptors (Lipinski definition) is 10. The number of rotatable bonds is 10. The lowest BCUT2D eigenvalue weighted by Crippen LogP contribution is -2.46. The summed E-state index contributed by atoms with van der Waals surface area (Å²) in [5.41, 5.74) is -1.92. The van der Waals surface area contributed by atoms with Crippen molar-refractivity contribution in [3.8, 4) is 0 Å². The van der Waals surface area contributed by atoms with Crippen molar-refractivity contribution < 1.29 is 44.2 Å². The Labute approximate surface area is 286 Å². The molecule has 3 fully saturated rings. The van der Waals surface area contributed by atoms with Gasteiger partial charge in [-0.2, -0.15) is 0 Å². The van der Waals surface area contributed by atoms with Gasteiger partial charge in [0.2, 0.25) is 0 Å². The molecule has 11 heteroatoms. The van der Waals surface area contributed by atoms with Crippen molar-refractivity contribution in [1.82, 2.24) is 9.80 Å². The predicted octanol–water partition coefficient (Wildman–Crippen LogP) is 3.88. The zero-order chi connectivity index (χ0) is 35.2. The molecule has 4 N–H and O–H groups in total. The molecule has 10 unspecified atom stereocenters. The first-order valence-electron chi connectivity index (χ1n) is 18.0. The van der Waals surface area contributed by atoms with E-state index in [0.717, 1.165) is 19.5 Å². The summed E-state index contributed by atoms with van der Waals surface area (Å²) in [7, 11) is 0. The van der Waals surface area contributed by atoms with Crippen LogP contribution in [-0.4, -0.2) is 122 Å². The third-order valence-electron chi connectivity index (χ3n) is 10.4. The van der Waals surface area contributed by atoms with Gasteiger partial charge in [-0.15, -0.1) is 0 Å². The van der Waals surface area contributed by atoms with Crippen LogP contribution in [0, 0.1) is 11.8 Å². The van der Waals surface area contributed by atoms with E-state index in [9.17, 15) is 30.0 Å². The van der Waals surface area contributed by atoms with Crippen LogP contribution in [-0.2, 0) is 19.0 Å². The summed E-state index contributed by atoms with van der Waals surface area (Å²) < 4.78 is 17.6. The molecule has 4 aliphatic rings. The van der Waals surface area contributed by atoms with Crippen LogP contribution in [0.15, 0.2) is 36.0 Å². The van der Waals surface area contributed by atoms with Gasteiger partial charge < -0.3 is 39.5 Å². The van der Waals surface area contributed by atoms with Gasteiger partial charge in [-0.25, -0.2) is 4.79 Å². The molecule has 3 aliphatic heterocycles. The summed E-state index contributed by atoms with van der Waals surface area (Å²) in [6, 6.07) is 0.632. The van der Waals surface area contributed by atoms with Gasteiger partial charge >= 0.3 is 12.1 Å². The minimum atomic E-state index is -1.48. The fourth-order valence-corrected chi connectivity index (χ4v) is 6.91. The fraction of sp³-hybridized carbons (Fsp3) is 0.784. The molecule has 1 saturated carbocycles. The van der Waals surface area contributed by atoms with Crippen LogP contribution in [0.1, 0.15) is 92.9 Å². The average molecular weight is 677 g/mol. The summed E-state index contributed by atoms with van der Waals surface area (Å²) in [6.45, 7) is 13.8. The van der Waals surface area contributed by atoms with E-state index in [2.05, 4.69) is 4.90 Å². The van der Waals surface area contributed by atoms with Crippen LogP contribution >= 0.6 is 0 Å². The van der Waals surface area contributed by atoms with Crippen LogP contribution in [0.5, 0.6) is 0 Å². The highest BCUT2D eigenvalue weighted by atomic mass is 16.6. The molecule has 2 saturated heterocycles. The minimum Gasteiger partial charge on any atom is -0.457 e. The summed E-state index contributed by atoms with van der Waals surface area (Å²) >= 11 is 0. The lowest BCUT2D eigenvalue weighted by Gasteiger charge is -2.34. The number of hydrogen-bond donors (Lipinski definition) is 4. The number of cyclic esters (lactones) is 1. The Morgan fingerprint density at radius 1 is 1.21 bits per heavy atom. The zero-order valence-corrected chi connectivity index (χ0v) is 29.8. The van der Waals surface area contributed by atoms with Gasteiger partial charge in [-0.1, -0.05) is 45.1 Å². The van der Waals surface area contributed by atoms with Gasteiger partial charge in [0.05, 0.1) is 36.4 Å². The van der Waals surface area contributed by atoms with Gasteiger partial charge in [0.1, 0.15) is 11.7 Å². The van der Waals surface area contributed by atoms with Gasteiger partial charge in [0.25, 0.3) is 0 Å². The normalized spacial score (nSPS) is 36.2. The lowest BCUT2D eigenvalue weighted by molar-refractivity contribution is -0.151. The SMILES string of the molecule is CCC(O)C(C)C1OC1CC(C)(O)/C=C/C=C(\C)C1OC(=O)CC(O)CCC(C)(O)C(OC(=O)N2CCCN(C3CC3)CC2)/C=C\C1C. The Bertz CT molecular complexity index is 1180. The van der Waals surface area contributed by atoms with Crippen LogP contribution < -0.4 is 0 Å². The van der Waals surface area contributed by atoms with Crippen molar-refractivity contribution in [2.75, 3.05) is 26.2 Å². The van der Waals surface area contributed by atoms with Crippen molar-refractivity contribution in [3.63, 3.8) is 0 Å². The van der Waals surface area contributed by atoms with E-state index >= 15 is 0 Å². The van der Waals surface area contributed by atoms with E-state index in [1.54, 1.807) is 49.1 Å². The van der Waals surface area contributed by atoms with Gasteiger partial charge in [-0.05, 0) is 70.9 Å². The third kappa shape index (κ3) is 11.1. The number of aliphatic hydroxyl groups is 4. The smallest absolute Gasteiger partial charge is 0.410 e. The first-order chi connectivity index (χ1) is 22.6. The van der Waals surface area contributed by atoms with Crippen LogP contribution in [0.2, 0.25) is 0 Å². The number of ether oxygens (including phenoxy) is 3. The first kappa shape index (κ1) is 38.5. The number of carbonyl (C=O) groups is 2. The Morgan fingerprint density at radius 3 is 2.62 bits per heavy atom. The maximum Gasteiger partial charge on any atom is 0.410 e. The topological polar surface area (TPSA) is 153 Å². The highest BCUT2D eigenvalue weighted by Crippen LogP contribution is 2.37. The van der Waals surface area contributed by atoms with Crippen LogP contribution in [0.3, 0.4) is 0 Å². The van der Waals surface area contributed by atoms with Crippen molar-refractivity contribution >= 4 is 12.1 Å². The van der Waals surface area contributed by atoms with Gasteiger partial charge in [0.15, 0.2) is 6.10 Å². The quantitative estimate of drug-likeness (QED) is 0.116. The molecule has 1 amide bonds. The molecule has 10 atom stereocenters. The number of epoxide rings is 1. The highest BCUT2D eigenvalue weighted by Gasteiger charge is 2.47. The standard InChI is InChI=1S/C37H60N2O9/c1-7-29(41)26(4)34-30(46-34)23-36(5,44)16-8-10-24(2)33-25(3)11-14-31(37(6,45)17-15-28(40)22-32(42)48-33)47-35(43)39-19-9-18-38(20-21-39)27-12-13-27/h8,10-11,14,16,25-31,33-34,40-41,44-45H,7,9,12-13,15,17-23H2,1-6H3/b14-11-,16-8+,24-10+. The van der Waals surface area contributed by atoms with Crippen LogP contribution in [0.4, 0.5) is 4.79 Å². The number of aliphatic hydroxyl groups excluding tert-OH is 2. The van der Waals surface area contributed by atoms with E-state index < -0.39 is 47.7 Å². The molecule has 0 aromatic rings. The second-order valence-corrected chi connectivity index (χ2v) is 15.1. The molecular formula is C37H60N2O9. The molecule has 11 nitrogen and oxygen atoms in total. The lowest BCUT2D eigenvalue weighted by atomic mass is 9.88. The van der Waals surface area contributed by atoms with E-state index in [4.69, 9.17) is 14.2 Å². The summed E-state index contributed by atoms with van der Waals surface area (Å²) in [4.78, 5) is 30.4. The third-order valence-corrected chi connectivity index (χ3v) is 10.4. The van der Waals surface area contributed by atoms with Gasteiger partial charge in [0, 0.05) is 50.5 Å². The Morgan fingerprint density at radius 2 is 1.94 bits per heavy atom. The van der Waals surface area contributed by atoms with E-state index in [1.807, 2.05) is 27.7 Å². The van der Waals surface area contributed by atoms with Crippen LogP contribution in [0.25, 0.3) is 0 Å². The average Bonchev–Trinajstić information content (AvgIpc) is 3.94. The molecule has 0 aromatic heterocycles. The van der Waals surface area contributed by atoms with E-state index in [1.165, 1.54) is 12.8 Å². The zero-order valence-electron chi connectivity index (χ0n) is 29.8. The predicted molar refractivity (Wildman–Crippen MR) is 182 cm³/mol.